The number of aliphatic hydroxyl groups is 1. The Kier molecular flexibility index (Phi) is 19.4. The third-order valence-electron chi connectivity index (χ3n) is 5.57. The van der Waals surface area contributed by atoms with E-state index in [4.69, 9.17) is 5.11 Å². The normalized spacial score (nSPS) is 13.2. The number of carbonyl (C=O) groups is 2. The van der Waals surface area contributed by atoms with Gasteiger partial charge < -0.3 is 15.5 Å². The van der Waals surface area contributed by atoms with E-state index in [2.05, 4.69) is 12.2 Å². The predicted octanol–water partition coefficient (Wildman–Crippen LogP) is 5.98. The Balaban J connectivity index is 3.31. The van der Waals surface area contributed by atoms with Crippen molar-refractivity contribution in [2.75, 3.05) is 0 Å². The Hall–Kier alpha value is -1.10. The first-order valence-corrected chi connectivity index (χ1v) is 12.2. The van der Waals surface area contributed by atoms with Gasteiger partial charge in [0.1, 0.15) is 0 Å². The molecule has 0 fully saturated rings. The van der Waals surface area contributed by atoms with E-state index in [0.717, 1.165) is 19.3 Å². The molecule has 5 nitrogen and oxygen atoms in total. The minimum Gasteiger partial charge on any atom is -0.480 e. The van der Waals surface area contributed by atoms with Gasteiger partial charge in [-0.1, -0.05) is 110 Å². The maximum Gasteiger partial charge on any atom is 0.328 e. The van der Waals surface area contributed by atoms with E-state index >= 15 is 0 Å². The minimum atomic E-state index is -1.21. The van der Waals surface area contributed by atoms with Crippen molar-refractivity contribution in [3.8, 4) is 0 Å². The fourth-order valence-electron chi connectivity index (χ4n) is 3.64. The fraction of sp³-hybridized carbons (Fsp3) is 0.917. The Morgan fingerprint density at radius 2 is 1.03 bits per heavy atom. The lowest BCUT2D eigenvalue weighted by Crippen LogP contribution is -2.47. The molecule has 2 atom stereocenters. The van der Waals surface area contributed by atoms with Gasteiger partial charge in [0.15, 0.2) is 6.04 Å². The minimum absolute atomic E-state index is 0.292. The summed E-state index contributed by atoms with van der Waals surface area (Å²) in [5.74, 6) is -1.49. The van der Waals surface area contributed by atoms with Gasteiger partial charge in [0.05, 0.1) is 6.10 Å². The summed E-state index contributed by atoms with van der Waals surface area (Å²) < 4.78 is 0. The summed E-state index contributed by atoms with van der Waals surface area (Å²) >= 11 is 0. The van der Waals surface area contributed by atoms with Gasteiger partial charge >= 0.3 is 5.97 Å². The Bertz CT molecular complexity index is 398. The largest absolute Gasteiger partial charge is 0.480 e. The molecule has 0 spiro atoms. The number of amides is 1. The first-order chi connectivity index (χ1) is 14.0. The number of unbranched alkanes of at least 4 members (excludes halogenated alkanes) is 16. The standard InChI is InChI=1S/C24H47NO4/c1-3-4-5-6-7-8-9-10-11-12-13-14-15-16-17-18-19-20-22(27)25-23(21(2)26)24(28)29/h21,23,26H,3-20H2,1-2H3,(H,25,27)(H,28,29)/t21-,23+/m1/s1. The second-order valence-electron chi connectivity index (χ2n) is 8.53. The van der Waals surface area contributed by atoms with Crippen molar-refractivity contribution >= 4 is 11.9 Å². The molecule has 0 bridgehead atoms. The molecular formula is C24H47NO4. The fourth-order valence-corrected chi connectivity index (χ4v) is 3.64. The zero-order valence-electron chi connectivity index (χ0n) is 19.1. The molecule has 1 amide bonds. The molecule has 0 rings (SSSR count). The van der Waals surface area contributed by atoms with Crippen molar-refractivity contribution in [1.82, 2.24) is 5.32 Å². The van der Waals surface area contributed by atoms with Crippen LogP contribution in [0.3, 0.4) is 0 Å². The molecular weight excluding hydrogens is 366 g/mol. The van der Waals surface area contributed by atoms with Crippen LogP contribution >= 0.6 is 0 Å². The molecule has 0 saturated carbocycles. The molecule has 3 N–H and O–H groups in total. The summed E-state index contributed by atoms with van der Waals surface area (Å²) in [6, 6.07) is -1.21. The van der Waals surface area contributed by atoms with Crippen LogP contribution in [-0.2, 0) is 9.59 Å². The molecule has 0 aliphatic heterocycles. The zero-order chi connectivity index (χ0) is 21.7. The number of hydrogen-bond donors (Lipinski definition) is 3. The van der Waals surface area contributed by atoms with Crippen LogP contribution in [0.4, 0.5) is 0 Å². The van der Waals surface area contributed by atoms with Crippen LogP contribution < -0.4 is 5.32 Å². The highest BCUT2D eigenvalue weighted by Crippen LogP contribution is 2.14. The van der Waals surface area contributed by atoms with E-state index in [9.17, 15) is 14.7 Å². The SMILES string of the molecule is CCCCCCCCCCCCCCCCCCCC(=O)N[C@H](C(=O)O)[C@@H](C)O. The highest BCUT2D eigenvalue weighted by atomic mass is 16.4. The van der Waals surface area contributed by atoms with Gasteiger partial charge in [-0.3, -0.25) is 4.79 Å². The molecule has 0 aromatic heterocycles. The van der Waals surface area contributed by atoms with E-state index in [1.807, 2.05) is 0 Å². The Morgan fingerprint density at radius 3 is 1.34 bits per heavy atom. The van der Waals surface area contributed by atoms with Crippen molar-refractivity contribution in [3.05, 3.63) is 0 Å². The highest BCUT2D eigenvalue weighted by Gasteiger charge is 2.24. The molecule has 0 heterocycles. The Morgan fingerprint density at radius 1 is 0.690 bits per heavy atom. The van der Waals surface area contributed by atoms with E-state index in [1.165, 1.54) is 96.8 Å². The number of aliphatic carboxylic acids is 1. The van der Waals surface area contributed by atoms with Crippen molar-refractivity contribution in [3.63, 3.8) is 0 Å². The summed E-state index contributed by atoms with van der Waals surface area (Å²) in [5.41, 5.74) is 0. The van der Waals surface area contributed by atoms with Crippen molar-refractivity contribution < 1.29 is 19.8 Å². The molecule has 29 heavy (non-hydrogen) atoms. The second-order valence-corrected chi connectivity index (χ2v) is 8.53. The van der Waals surface area contributed by atoms with Gasteiger partial charge in [-0.15, -0.1) is 0 Å². The predicted molar refractivity (Wildman–Crippen MR) is 120 cm³/mol. The quantitative estimate of drug-likeness (QED) is 0.202. The van der Waals surface area contributed by atoms with Gasteiger partial charge in [0, 0.05) is 6.42 Å². The topological polar surface area (TPSA) is 86.6 Å². The maximum absolute atomic E-state index is 11.7. The third-order valence-corrected chi connectivity index (χ3v) is 5.57. The van der Waals surface area contributed by atoms with Gasteiger partial charge in [0.2, 0.25) is 5.91 Å². The summed E-state index contributed by atoms with van der Waals surface area (Å²) in [6.07, 6.45) is 21.2. The van der Waals surface area contributed by atoms with Crippen LogP contribution in [0.5, 0.6) is 0 Å². The number of hydrogen-bond acceptors (Lipinski definition) is 3. The van der Waals surface area contributed by atoms with Crippen molar-refractivity contribution in [1.29, 1.82) is 0 Å². The average molecular weight is 414 g/mol. The number of carboxylic acids is 1. The van der Waals surface area contributed by atoms with Crippen molar-refractivity contribution in [2.45, 2.75) is 142 Å². The van der Waals surface area contributed by atoms with E-state index in [1.54, 1.807) is 0 Å². The van der Waals surface area contributed by atoms with Crippen LogP contribution in [0.1, 0.15) is 129 Å². The molecule has 0 aliphatic carbocycles. The first kappa shape index (κ1) is 27.9. The Labute approximate surface area is 179 Å². The van der Waals surface area contributed by atoms with E-state index in [-0.39, 0.29) is 5.91 Å². The molecule has 5 heteroatoms. The van der Waals surface area contributed by atoms with Gasteiger partial charge in [0.25, 0.3) is 0 Å². The van der Waals surface area contributed by atoms with Crippen molar-refractivity contribution in [2.24, 2.45) is 0 Å². The smallest absolute Gasteiger partial charge is 0.328 e. The zero-order valence-corrected chi connectivity index (χ0v) is 19.1. The van der Waals surface area contributed by atoms with Crippen LogP contribution in [-0.4, -0.2) is 34.2 Å². The highest BCUT2D eigenvalue weighted by molar-refractivity contribution is 5.83. The molecule has 0 aromatic rings. The summed E-state index contributed by atoms with van der Waals surface area (Å²) in [4.78, 5) is 22.7. The van der Waals surface area contributed by atoms with Crippen LogP contribution in [0.2, 0.25) is 0 Å². The van der Waals surface area contributed by atoms with Gasteiger partial charge in [-0.05, 0) is 13.3 Å². The molecule has 0 aliphatic rings. The van der Waals surface area contributed by atoms with Gasteiger partial charge in [-0.25, -0.2) is 4.79 Å². The lowest BCUT2D eigenvalue weighted by molar-refractivity contribution is -0.144. The van der Waals surface area contributed by atoms with Crippen LogP contribution in [0, 0.1) is 0 Å². The molecule has 172 valence electrons. The number of carboxylic acid groups (broad SMARTS) is 1. The summed E-state index contributed by atoms with van der Waals surface area (Å²) in [7, 11) is 0. The van der Waals surface area contributed by atoms with Crippen LogP contribution in [0.15, 0.2) is 0 Å². The van der Waals surface area contributed by atoms with E-state index < -0.39 is 18.1 Å². The molecule has 0 unspecified atom stereocenters. The van der Waals surface area contributed by atoms with Gasteiger partial charge in [-0.2, -0.15) is 0 Å². The lowest BCUT2D eigenvalue weighted by Gasteiger charge is -2.16. The molecule has 0 radical (unpaired) electrons. The monoisotopic (exact) mass is 413 g/mol. The number of nitrogens with one attached hydrogen (secondary N) is 1. The maximum atomic E-state index is 11.7. The second kappa shape index (κ2) is 20.2. The average Bonchev–Trinajstić information content (AvgIpc) is 2.68. The summed E-state index contributed by atoms with van der Waals surface area (Å²) in [5, 5.41) is 20.7. The number of rotatable bonds is 21. The molecule has 0 aromatic carbocycles. The lowest BCUT2D eigenvalue weighted by atomic mass is 10.0. The first-order valence-electron chi connectivity index (χ1n) is 12.2. The third kappa shape index (κ3) is 18.7. The van der Waals surface area contributed by atoms with Crippen LogP contribution in [0.25, 0.3) is 0 Å². The van der Waals surface area contributed by atoms with E-state index in [0.29, 0.717) is 6.42 Å². The number of carbonyl (C=O) groups excluding carboxylic acids is 1. The summed E-state index contributed by atoms with van der Waals surface area (Å²) in [6.45, 7) is 3.64. The molecule has 0 saturated heterocycles. The number of aliphatic hydroxyl groups excluding tert-OH is 1.